The molecule has 37 heavy (non-hydrogen) atoms. The molecule has 0 radical (unpaired) electrons. The summed E-state index contributed by atoms with van der Waals surface area (Å²) in [7, 11) is 0. The summed E-state index contributed by atoms with van der Waals surface area (Å²) in [6.07, 6.45) is 11.9. The van der Waals surface area contributed by atoms with Gasteiger partial charge in [-0.2, -0.15) is 0 Å². The molecule has 6 nitrogen and oxygen atoms in total. The van der Waals surface area contributed by atoms with Gasteiger partial charge in [0.2, 0.25) is 0 Å². The molecule has 2 saturated carbocycles. The van der Waals surface area contributed by atoms with Crippen LogP contribution in [0.25, 0.3) is 0 Å². The zero-order chi connectivity index (χ0) is 25.6. The molecule has 0 spiro atoms. The van der Waals surface area contributed by atoms with Crippen molar-refractivity contribution in [3.63, 3.8) is 0 Å². The number of aliphatic imine (C=N–C) groups is 1. The Morgan fingerprint density at radius 1 is 1.00 bits per heavy atom. The molecular formula is C31H41N3O3. The quantitative estimate of drug-likeness (QED) is 0.389. The number of hydrogen-bond donors (Lipinski definition) is 1. The first-order valence-electron chi connectivity index (χ1n) is 14.2. The number of nitrogens with two attached hydrogens (primary N) is 1. The minimum Gasteiger partial charge on any atom is -0.462 e. The summed E-state index contributed by atoms with van der Waals surface area (Å²) in [6.45, 7) is 2.88. The zero-order valence-corrected chi connectivity index (χ0v) is 22.1. The summed E-state index contributed by atoms with van der Waals surface area (Å²) in [5.41, 5.74) is 8.56. The van der Waals surface area contributed by atoms with E-state index in [4.69, 9.17) is 20.2 Å². The minimum absolute atomic E-state index is 0.0639. The van der Waals surface area contributed by atoms with E-state index in [0.717, 1.165) is 48.4 Å². The number of hydrogen-bond acceptors (Lipinski definition) is 6. The molecule has 198 valence electrons. The molecule has 1 heterocycles. The second kappa shape index (κ2) is 12.0. The lowest BCUT2D eigenvalue weighted by Crippen LogP contribution is -2.49. The summed E-state index contributed by atoms with van der Waals surface area (Å²) >= 11 is 0. The van der Waals surface area contributed by atoms with Crippen molar-refractivity contribution < 1.29 is 14.3 Å². The van der Waals surface area contributed by atoms with Gasteiger partial charge in [0.05, 0.1) is 5.69 Å². The van der Waals surface area contributed by atoms with Crippen LogP contribution in [0.1, 0.15) is 83.1 Å². The van der Waals surface area contributed by atoms with Crippen molar-refractivity contribution in [1.29, 1.82) is 0 Å². The van der Waals surface area contributed by atoms with Gasteiger partial charge in [-0.3, -0.25) is 4.79 Å². The Balaban J connectivity index is 1.29. The number of para-hydroxylation sites is 1. The zero-order valence-electron chi connectivity index (χ0n) is 22.1. The van der Waals surface area contributed by atoms with Crippen molar-refractivity contribution in [2.24, 2.45) is 22.6 Å². The molecule has 0 amide bonds. The summed E-state index contributed by atoms with van der Waals surface area (Å²) in [4.78, 5) is 19.9. The van der Waals surface area contributed by atoms with E-state index < -0.39 is 0 Å². The standard InChI is InChI=1S/C31H41N3O3/c1-22-10-8-9-15-29(22)37-30(35)19-18-28(23-11-4-2-5-12-23)34-21-24-20-26(16-17-27(24)33-31(34)32)36-25-13-6-3-7-14-25/h3,6-7,13-14,16-17,20,22-23,28-29H,2,4-5,8-12,15,18-19,21H2,1H3,(H2,32,33)/t22?,28-,29?/m0/s1. The highest BCUT2D eigenvalue weighted by Crippen LogP contribution is 2.37. The van der Waals surface area contributed by atoms with Gasteiger partial charge in [-0.1, -0.05) is 50.8 Å². The Morgan fingerprint density at radius 2 is 1.76 bits per heavy atom. The molecule has 2 aliphatic carbocycles. The first-order valence-corrected chi connectivity index (χ1v) is 14.2. The topological polar surface area (TPSA) is 77.1 Å². The van der Waals surface area contributed by atoms with E-state index in [1.807, 2.05) is 42.5 Å². The van der Waals surface area contributed by atoms with Gasteiger partial charge < -0.3 is 20.1 Å². The third-order valence-electron chi connectivity index (χ3n) is 8.45. The SMILES string of the molecule is CC1CCCCC1OC(=O)CC[C@@H](C1CCCCC1)N1Cc2cc(Oc3ccccc3)ccc2N=C1N. The largest absolute Gasteiger partial charge is 0.462 e. The Hall–Kier alpha value is -3.02. The fourth-order valence-electron chi connectivity index (χ4n) is 6.34. The van der Waals surface area contributed by atoms with Gasteiger partial charge in [-0.25, -0.2) is 4.99 Å². The van der Waals surface area contributed by atoms with E-state index in [9.17, 15) is 4.79 Å². The first-order chi connectivity index (χ1) is 18.1. The van der Waals surface area contributed by atoms with Crippen molar-refractivity contribution in [2.45, 2.75) is 96.2 Å². The van der Waals surface area contributed by atoms with E-state index in [1.165, 1.54) is 38.5 Å². The minimum atomic E-state index is -0.0639. The molecule has 1 aliphatic heterocycles. The average Bonchev–Trinajstić information content (AvgIpc) is 2.92. The number of carbonyl (C=O) groups is 1. The number of esters is 1. The van der Waals surface area contributed by atoms with Gasteiger partial charge in [0.15, 0.2) is 5.96 Å². The Kier molecular flexibility index (Phi) is 8.32. The monoisotopic (exact) mass is 503 g/mol. The van der Waals surface area contributed by atoms with E-state index in [1.54, 1.807) is 0 Å². The smallest absolute Gasteiger partial charge is 0.306 e. The number of guanidine groups is 1. The van der Waals surface area contributed by atoms with Gasteiger partial charge in [-0.15, -0.1) is 0 Å². The molecule has 2 aromatic rings. The van der Waals surface area contributed by atoms with Crippen molar-refractivity contribution in [2.75, 3.05) is 0 Å². The molecule has 3 atom stereocenters. The molecule has 2 unspecified atom stereocenters. The molecule has 2 N–H and O–H groups in total. The Labute approximate surface area is 221 Å². The van der Waals surface area contributed by atoms with Crippen molar-refractivity contribution in [1.82, 2.24) is 4.90 Å². The summed E-state index contributed by atoms with van der Waals surface area (Å²) in [5.74, 6) is 3.05. The van der Waals surface area contributed by atoms with Gasteiger partial charge in [-0.05, 0) is 80.7 Å². The van der Waals surface area contributed by atoms with Crippen LogP contribution in [-0.4, -0.2) is 29.0 Å². The normalized spacial score (nSPS) is 23.1. The maximum absolute atomic E-state index is 12.9. The highest BCUT2D eigenvalue weighted by atomic mass is 16.5. The van der Waals surface area contributed by atoms with Gasteiger partial charge in [0.1, 0.15) is 17.6 Å². The second-order valence-electron chi connectivity index (χ2n) is 11.1. The van der Waals surface area contributed by atoms with Crippen LogP contribution in [0.4, 0.5) is 5.69 Å². The molecule has 2 fully saturated rings. The van der Waals surface area contributed by atoms with Gasteiger partial charge in [0, 0.05) is 24.6 Å². The molecule has 2 aromatic carbocycles. The van der Waals surface area contributed by atoms with E-state index >= 15 is 0 Å². The van der Waals surface area contributed by atoms with E-state index in [2.05, 4.69) is 17.9 Å². The molecule has 0 bridgehead atoms. The number of fused-ring (bicyclic) bond motifs is 1. The lowest BCUT2D eigenvalue weighted by Gasteiger charge is -2.41. The molecule has 3 aliphatic rings. The van der Waals surface area contributed by atoms with Crippen LogP contribution in [0.5, 0.6) is 11.5 Å². The number of benzene rings is 2. The van der Waals surface area contributed by atoms with Crippen LogP contribution in [0.15, 0.2) is 53.5 Å². The number of nitrogens with zero attached hydrogens (tertiary/aromatic N) is 2. The molecule has 6 heteroatoms. The van der Waals surface area contributed by atoms with Crippen LogP contribution >= 0.6 is 0 Å². The fourth-order valence-corrected chi connectivity index (χ4v) is 6.34. The van der Waals surface area contributed by atoms with Crippen molar-refractivity contribution in [3.8, 4) is 11.5 Å². The number of ether oxygens (including phenoxy) is 2. The van der Waals surface area contributed by atoms with Crippen molar-refractivity contribution in [3.05, 3.63) is 54.1 Å². The fraction of sp³-hybridized carbons (Fsp3) is 0.548. The third-order valence-corrected chi connectivity index (χ3v) is 8.45. The van der Waals surface area contributed by atoms with Crippen LogP contribution in [0, 0.1) is 11.8 Å². The predicted molar refractivity (Wildman–Crippen MR) is 147 cm³/mol. The van der Waals surface area contributed by atoms with Crippen LogP contribution in [-0.2, 0) is 16.1 Å². The molecular weight excluding hydrogens is 462 g/mol. The average molecular weight is 504 g/mol. The van der Waals surface area contributed by atoms with Gasteiger partial charge in [0.25, 0.3) is 0 Å². The van der Waals surface area contributed by atoms with Gasteiger partial charge >= 0.3 is 5.97 Å². The van der Waals surface area contributed by atoms with Crippen molar-refractivity contribution >= 4 is 17.6 Å². The van der Waals surface area contributed by atoms with Crippen LogP contribution < -0.4 is 10.5 Å². The van der Waals surface area contributed by atoms with E-state index in [0.29, 0.717) is 30.8 Å². The maximum Gasteiger partial charge on any atom is 0.306 e. The molecule has 0 saturated heterocycles. The van der Waals surface area contributed by atoms with Crippen LogP contribution in [0.2, 0.25) is 0 Å². The lowest BCUT2D eigenvalue weighted by atomic mass is 9.81. The predicted octanol–water partition coefficient (Wildman–Crippen LogP) is 7.09. The maximum atomic E-state index is 12.9. The summed E-state index contributed by atoms with van der Waals surface area (Å²) in [5, 5.41) is 0. The third kappa shape index (κ3) is 6.46. The molecule has 5 rings (SSSR count). The Morgan fingerprint density at radius 3 is 2.54 bits per heavy atom. The second-order valence-corrected chi connectivity index (χ2v) is 11.1. The number of rotatable bonds is 8. The highest BCUT2D eigenvalue weighted by Gasteiger charge is 2.33. The highest BCUT2D eigenvalue weighted by molar-refractivity contribution is 5.84. The van der Waals surface area contributed by atoms with Crippen LogP contribution in [0.3, 0.4) is 0 Å². The lowest BCUT2D eigenvalue weighted by molar-refractivity contribution is -0.153. The first kappa shape index (κ1) is 25.6. The summed E-state index contributed by atoms with van der Waals surface area (Å²) in [6, 6.07) is 16.0. The number of carbonyl (C=O) groups excluding carboxylic acids is 1. The van der Waals surface area contributed by atoms with E-state index in [-0.39, 0.29) is 18.1 Å². The Bertz CT molecular complexity index is 1080. The molecule has 0 aromatic heterocycles. The summed E-state index contributed by atoms with van der Waals surface area (Å²) < 4.78 is 12.0.